The summed E-state index contributed by atoms with van der Waals surface area (Å²) in [6.45, 7) is 0.645. The van der Waals surface area contributed by atoms with Gasteiger partial charge in [-0.15, -0.1) is 0 Å². The van der Waals surface area contributed by atoms with Crippen molar-refractivity contribution in [1.82, 2.24) is 0 Å². The van der Waals surface area contributed by atoms with Gasteiger partial charge >= 0.3 is 0 Å². The molecule has 0 bridgehead atoms. The van der Waals surface area contributed by atoms with Gasteiger partial charge in [-0.3, -0.25) is 0 Å². The number of sulfone groups is 1. The molecule has 0 spiro atoms. The molecule has 0 fully saturated rings. The van der Waals surface area contributed by atoms with E-state index in [1.165, 1.54) is 6.26 Å². The molecule has 0 saturated carbocycles. The minimum absolute atomic E-state index is 0.326. The first kappa shape index (κ1) is 14.1. The molecular weight excluding hydrogens is 326 g/mol. The zero-order valence-electron chi connectivity index (χ0n) is 10.4. The van der Waals surface area contributed by atoms with E-state index in [0.29, 0.717) is 11.4 Å². The standard InChI is InChI=1S/C14H14BrNO2S/c1-19(17,18)14-7-3-6-13(9-14)16-10-11-4-2-5-12(15)8-11/h2-9,16H,10H2,1H3. The van der Waals surface area contributed by atoms with Gasteiger partial charge in [0.2, 0.25) is 0 Å². The van der Waals surface area contributed by atoms with Crippen molar-refractivity contribution in [3.05, 3.63) is 58.6 Å². The summed E-state index contributed by atoms with van der Waals surface area (Å²) in [5, 5.41) is 3.22. The van der Waals surface area contributed by atoms with Crippen LogP contribution < -0.4 is 5.32 Å². The fraction of sp³-hybridized carbons (Fsp3) is 0.143. The van der Waals surface area contributed by atoms with E-state index in [-0.39, 0.29) is 0 Å². The molecule has 2 aromatic carbocycles. The third kappa shape index (κ3) is 4.08. The van der Waals surface area contributed by atoms with Crippen LogP contribution in [0.1, 0.15) is 5.56 Å². The summed E-state index contributed by atoms with van der Waals surface area (Å²) in [6.07, 6.45) is 1.21. The van der Waals surface area contributed by atoms with E-state index >= 15 is 0 Å². The first-order chi connectivity index (χ1) is 8.95. The molecule has 3 nitrogen and oxygen atoms in total. The monoisotopic (exact) mass is 339 g/mol. The van der Waals surface area contributed by atoms with E-state index in [9.17, 15) is 8.42 Å². The molecule has 5 heteroatoms. The van der Waals surface area contributed by atoms with Gasteiger partial charge < -0.3 is 5.32 Å². The molecule has 0 atom stereocenters. The summed E-state index contributed by atoms with van der Waals surface area (Å²) in [5.74, 6) is 0. The molecule has 2 rings (SSSR count). The Bertz CT molecular complexity index is 683. The normalized spacial score (nSPS) is 11.3. The number of anilines is 1. The van der Waals surface area contributed by atoms with Crippen molar-refractivity contribution in [3.8, 4) is 0 Å². The molecular formula is C14H14BrNO2S. The first-order valence-corrected chi connectivity index (χ1v) is 8.42. The van der Waals surface area contributed by atoms with Crippen LogP contribution in [0.25, 0.3) is 0 Å². The van der Waals surface area contributed by atoms with Gasteiger partial charge in [0, 0.05) is 23.0 Å². The number of nitrogens with one attached hydrogen (secondary N) is 1. The predicted molar refractivity (Wildman–Crippen MR) is 81.0 cm³/mol. The fourth-order valence-electron chi connectivity index (χ4n) is 1.69. The zero-order chi connectivity index (χ0) is 13.9. The van der Waals surface area contributed by atoms with Crippen LogP contribution in [-0.2, 0) is 16.4 Å². The Morgan fingerprint density at radius 1 is 1.11 bits per heavy atom. The summed E-state index contributed by atoms with van der Waals surface area (Å²) in [7, 11) is -3.16. The molecule has 0 radical (unpaired) electrons. The summed E-state index contributed by atoms with van der Waals surface area (Å²) in [4.78, 5) is 0.326. The molecule has 0 saturated heterocycles. The molecule has 2 aromatic rings. The minimum Gasteiger partial charge on any atom is -0.381 e. The highest BCUT2D eigenvalue weighted by atomic mass is 79.9. The SMILES string of the molecule is CS(=O)(=O)c1cccc(NCc2cccc(Br)c2)c1. The highest BCUT2D eigenvalue weighted by Crippen LogP contribution is 2.17. The van der Waals surface area contributed by atoms with E-state index in [1.807, 2.05) is 30.3 Å². The zero-order valence-corrected chi connectivity index (χ0v) is 12.8. The number of benzene rings is 2. The Kier molecular flexibility index (Phi) is 4.27. The molecule has 0 heterocycles. The van der Waals surface area contributed by atoms with E-state index in [4.69, 9.17) is 0 Å². The van der Waals surface area contributed by atoms with E-state index < -0.39 is 9.84 Å². The molecule has 19 heavy (non-hydrogen) atoms. The third-order valence-electron chi connectivity index (χ3n) is 2.65. The van der Waals surface area contributed by atoms with Gasteiger partial charge in [-0.25, -0.2) is 8.42 Å². The van der Waals surface area contributed by atoms with Crippen molar-refractivity contribution >= 4 is 31.5 Å². The molecule has 0 amide bonds. The lowest BCUT2D eigenvalue weighted by Gasteiger charge is -2.08. The highest BCUT2D eigenvalue weighted by molar-refractivity contribution is 9.10. The highest BCUT2D eigenvalue weighted by Gasteiger charge is 2.06. The second-order valence-electron chi connectivity index (χ2n) is 4.28. The van der Waals surface area contributed by atoms with Crippen molar-refractivity contribution in [2.75, 3.05) is 11.6 Å². The molecule has 0 aliphatic rings. The Labute approximate surface area is 121 Å². The van der Waals surface area contributed by atoms with Crippen LogP contribution in [0.4, 0.5) is 5.69 Å². The van der Waals surface area contributed by atoms with Crippen molar-refractivity contribution in [3.63, 3.8) is 0 Å². The Morgan fingerprint density at radius 3 is 2.53 bits per heavy atom. The van der Waals surface area contributed by atoms with Gasteiger partial charge in [-0.05, 0) is 35.9 Å². The van der Waals surface area contributed by atoms with Crippen LogP contribution in [-0.4, -0.2) is 14.7 Å². The smallest absolute Gasteiger partial charge is 0.175 e. The van der Waals surface area contributed by atoms with Crippen molar-refractivity contribution in [1.29, 1.82) is 0 Å². The van der Waals surface area contributed by atoms with Gasteiger partial charge in [0.05, 0.1) is 4.90 Å². The maximum Gasteiger partial charge on any atom is 0.175 e. The molecule has 100 valence electrons. The molecule has 1 N–H and O–H groups in total. The largest absolute Gasteiger partial charge is 0.381 e. The molecule has 0 aliphatic heterocycles. The molecule has 0 aromatic heterocycles. The second kappa shape index (κ2) is 5.75. The summed E-state index contributed by atoms with van der Waals surface area (Å²) in [6, 6.07) is 14.8. The fourth-order valence-corrected chi connectivity index (χ4v) is 2.80. The average molecular weight is 340 g/mol. The number of rotatable bonds is 4. The Balaban J connectivity index is 2.12. The number of hydrogen-bond donors (Lipinski definition) is 1. The van der Waals surface area contributed by atoms with Gasteiger partial charge in [-0.2, -0.15) is 0 Å². The second-order valence-corrected chi connectivity index (χ2v) is 7.21. The van der Waals surface area contributed by atoms with Crippen molar-refractivity contribution in [2.45, 2.75) is 11.4 Å². The first-order valence-electron chi connectivity index (χ1n) is 5.73. The van der Waals surface area contributed by atoms with Gasteiger partial charge in [0.25, 0.3) is 0 Å². The van der Waals surface area contributed by atoms with E-state index in [2.05, 4.69) is 21.2 Å². The van der Waals surface area contributed by atoms with Crippen LogP contribution in [0.15, 0.2) is 57.9 Å². The van der Waals surface area contributed by atoms with Crippen LogP contribution in [0.2, 0.25) is 0 Å². The average Bonchev–Trinajstić information content (AvgIpc) is 2.36. The predicted octanol–water partition coefficient (Wildman–Crippen LogP) is 3.46. The minimum atomic E-state index is -3.16. The summed E-state index contributed by atoms with van der Waals surface area (Å²) >= 11 is 3.42. The van der Waals surface area contributed by atoms with Crippen LogP contribution >= 0.6 is 15.9 Å². The van der Waals surface area contributed by atoms with Crippen LogP contribution in [0.3, 0.4) is 0 Å². The van der Waals surface area contributed by atoms with Crippen molar-refractivity contribution < 1.29 is 8.42 Å². The van der Waals surface area contributed by atoms with Gasteiger partial charge in [0.15, 0.2) is 9.84 Å². The Hall–Kier alpha value is -1.33. The van der Waals surface area contributed by atoms with Gasteiger partial charge in [0.1, 0.15) is 0 Å². The summed E-state index contributed by atoms with van der Waals surface area (Å²) < 4.78 is 24.0. The lowest BCUT2D eigenvalue weighted by atomic mass is 10.2. The Morgan fingerprint density at radius 2 is 1.84 bits per heavy atom. The molecule has 0 unspecified atom stereocenters. The maximum absolute atomic E-state index is 11.5. The van der Waals surface area contributed by atoms with Gasteiger partial charge in [-0.1, -0.05) is 34.1 Å². The maximum atomic E-state index is 11.5. The third-order valence-corrected chi connectivity index (χ3v) is 4.25. The number of halogens is 1. The lowest BCUT2D eigenvalue weighted by Crippen LogP contribution is -2.02. The number of hydrogen-bond acceptors (Lipinski definition) is 3. The quantitative estimate of drug-likeness (QED) is 0.927. The van der Waals surface area contributed by atoms with Crippen molar-refractivity contribution in [2.24, 2.45) is 0 Å². The van der Waals surface area contributed by atoms with Crippen LogP contribution in [0.5, 0.6) is 0 Å². The van der Waals surface area contributed by atoms with E-state index in [0.717, 1.165) is 15.7 Å². The topological polar surface area (TPSA) is 46.2 Å². The van der Waals surface area contributed by atoms with E-state index in [1.54, 1.807) is 18.2 Å². The molecule has 0 aliphatic carbocycles. The van der Waals surface area contributed by atoms with Crippen LogP contribution in [0, 0.1) is 0 Å². The lowest BCUT2D eigenvalue weighted by molar-refractivity contribution is 0.602. The summed E-state index contributed by atoms with van der Waals surface area (Å²) in [5.41, 5.74) is 1.92.